The van der Waals surface area contributed by atoms with Crippen molar-refractivity contribution in [2.24, 2.45) is 11.8 Å². The van der Waals surface area contributed by atoms with Gasteiger partial charge in [-0.2, -0.15) is 15.4 Å². The second-order valence-corrected chi connectivity index (χ2v) is 9.17. The van der Waals surface area contributed by atoms with Gasteiger partial charge in [0, 0.05) is 56.9 Å². The van der Waals surface area contributed by atoms with Crippen molar-refractivity contribution in [1.82, 2.24) is 30.2 Å². The molecule has 1 N–H and O–H groups in total. The van der Waals surface area contributed by atoms with Crippen molar-refractivity contribution in [3.8, 4) is 5.88 Å². The number of ether oxygens (including phenoxy) is 2. The van der Waals surface area contributed by atoms with Gasteiger partial charge in [0.15, 0.2) is 0 Å². The summed E-state index contributed by atoms with van der Waals surface area (Å²) in [7, 11) is 1.60. The number of benzene rings is 1. The van der Waals surface area contributed by atoms with Crippen LogP contribution >= 0.6 is 15.9 Å². The summed E-state index contributed by atoms with van der Waals surface area (Å²) in [4.78, 5) is 34.0. The fraction of sp³-hybridized carbons (Fsp3) is 0.409. The molecule has 10 nitrogen and oxygen atoms in total. The van der Waals surface area contributed by atoms with Gasteiger partial charge in [-0.1, -0.05) is 0 Å². The molecule has 1 aromatic carbocycles. The highest BCUT2D eigenvalue weighted by Gasteiger charge is 2.43. The Balaban J connectivity index is 1.20. The van der Waals surface area contributed by atoms with Crippen LogP contribution in [0.4, 0.5) is 0 Å². The van der Waals surface area contributed by atoms with E-state index in [2.05, 4.69) is 36.3 Å². The number of fused-ring (bicyclic) bond motifs is 2. The Bertz CT molecular complexity index is 1190. The molecule has 2 saturated heterocycles. The molecule has 0 saturated carbocycles. The number of pyridine rings is 1. The van der Waals surface area contributed by atoms with Crippen LogP contribution in [0.2, 0.25) is 0 Å². The maximum atomic E-state index is 13.0. The summed E-state index contributed by atoms with van der Waals surface area (Å²) < 4.78 is 11.1. The number of rotatable bonds is 6. The van der Waals surface area contributed by atoms with Crippen LogP contribution in [-0.2, 0) is 4.74 Å². The highest BCUT2D eigenvalue weighted by atomic mass is 79.9. The standard InChI is InChI=1S/C22H23BrN6O4/c1-32-4-5-33-20-17(23)6-14(8-24-20)22(31)29-11-15-9-28(10-16(15)12-29)21(30)13-2-3-18-19(7-13)26-27-25-18/h2-3,6-8,15-16H,4-5,9-12H2,1H3,(H,25,26,27)/t15-,16-/m0/s1. The summed E-state index contributed by atoms with van der Waals surface area (Å²) in [5, 5.41) is 10.7. The molecule has 2 atom stereocenters. The number of aromatic amines is 1. The molecule has 0 spiro atoms. The molecule has 0 unspecified atom stereocenters. The van der Waals surface area contributed by atoms with Crippen LogP contribution in [0.25, 0.3) is 11.0 Å². The Morgan fingerprint density at radius 1 is 1.00 bits per heavy atom. The van der Waals surface area contributed by atoms with E-state index in [-0.39, 0.29) is 23.7 Å². The van der Waals surface area contributed by atoms with E-state index in [1.807, 2.05) is 9.80 Å². The number of carbonyl (C=O) groups excluding carboxylic acids is 2. The molecule has 11 heteroatoms. The number of hydrogen-bond acceptors (Lipinski definition) is 7. The monoisotopic (exact) mass is 514 g/mol. The zero-order valence-electron chi connectivity index (χ0n) is 18.0. The van der Waals surface area contributed by atoms with Gasteiger partial charge in [0.25, 0.3) is 11.8 Å². The van der Waals surface area contributed by atoms with E-state index >= 15 is 0 Å². The first kappa shape index (κ1) is 21.8. The number of H-pyrrole nitrogens is 1. The molecule has 0 radical (unpaired) electrons. The molecule has 2 fully saturated rings. The Labute approximate surface area is 198 Å². The second kappa shape index (κ2) is 9.06. The van der Waals surface area contributed by atoms with Crippen molar-refractivity contribution in [3.05, 3.63) is 46.1 Å². The van der Waals surface area contributed by atoms with Crippen LogP contribution in [-0.4, -0.2) is 88.5 Å². The predicted molar refractivity (Wildman–Crippen MR) is 122 cm³/mol. The summed E-state index contributed by atoms with van der Waals surface area (Å²) in [6.07, 6.45) is 1.54. The number of aromatic nitrogens is 4. The molecule has 2 aliphatic heterocycles. The van der Waals surface area contributed by atoms with Crippen molar-refractivity contribution >= 4 is 38.8 Å². The van der Waals surface area contributed by atoms with Gasteiger partial charge < -0.3 is 19.3 Å². The van der Waals surface area contributed by atoms with Crippen molar-refractivity contribution in [3.63, 3.8) is 0 Å². The number of nitrogens with zero attached hydrogens (tertiary/aromatic N) is 5. The third-order valence-electron chi connectivity index (χ3n) is 6.20. The van der Waals surface area contributed by atoms with Crippen LogP contribution < -0.4 is 4.74 Å². The minimum absolute atomic E-state index is 0.00984. The van der Waals surface area contributed by atoms with Crippen LogP contribution in [0, 0.1) is 11.8 Å². The summed E-state index contributed by atoms with van der Waals surface area (Å²) in [5.41, 5.74) is 2.52. The minimum atomic E-state index is -0.0598. The molecule has 3 aromatic rings. The normalized spacial score (nSPS) is 19.8. The van der Waals surface area contributed by atoms with E-state index in [1.54, 1.807) is 37.6 Å². The quantitative estimate of drug-likeness (QED) is 0.500. The second-order valence-electron chi connectivity index (χ2n) is 8.32. The van der Waals surface area contributed by atoms with E-state index in [1.165, 1.54) is 0 Å². The summed E-state index contributed by atoms with van der Waals surface area (Å²) >= 11 is 3.43. The van der Waals surface area contributed by atoms with E-state index in [4.69, 9.17) is 9.47 Å². The van der Waals surface area contributed by atoms with Gasteiger partial charge in [-0.15, -0.1) is 0 Å². The average molecular weight is 515 g/mol. The lowest BCUT2D eigenvalue weighted by Gasteiger charge is -2.22. The summed E-state index contributed by atoms with van der Waals surface area (Å²) in [6, 6.07) is 7.08. The maximum absolute atomic E-state index is 13.0. The summed E-state index contributed by atoms with van der Waals surface area (Å²) in [5.74, 6) is 0.892. The van der Waals surface area contributed by atoms with Crippen LogP contribution in [0.1, 0.15) is 20.7 Å². The lowest BCUT2D eigenvalue weighted by molar-refractivity contribution is 0.0738. The number of carbonyl (C=O) groups is 2. The fourth-order valence-corrected chi connectivity index (χ4v) is 5.00. The predicted octanol–water partition coefficient (Wildman–Crippen LogP) is 1.98. The Morgan fingerprint density at radius 2 is 1.67 bits per heavy atom. The number of nitrogens with one attached hydrogen (secondary N) is 1. The topological polar surface area (TPSA) is 114 Å². The van der Waals surface area contributed by atoms with Crippen LogP contribution in [0.5, 0.6) is 5.88 Å². The van der Waals surface area contributed by atoms with Gasteiger partial charge >= 0.3 is 0 Å². The van der Waals surface area contributed by atoms with Crippen LogP contribution in [0.3, 0.4) is 0 Å². The first-order chi connectivity index (χ1) is 16.0. The van der Waals surface area contributed by atoms with Gasteiger partial charge in [-0.05, 0) is 40.2 Å². The molecule has 2 amide bonds. The number of methoxy groups -OCH3 is 1. The molecule has 0 aliphatic carbocycles. The molecule has 5 rings (SSSR count). The first-order valence-electron chi connectivity index (χ1n) is 10.7. The Morgan fingerprint density at radius 3 is 2.33 bits per heavy atom. The molecule has 172 valence electrons. The van der Waals surface area contributed by atoms with Crippen molar-refractivity contribution < 1.29 is 19.1 Å². The molecule has 2 aromatic heterocycles. The minimum Gasteiger partial charge on any atom is -0.474 e. The van der Waals surface area contributed by atoms with Gasteiger partial charge in [-0.25, -0.2) is 4.98 Å². The highest BCUT2D eigenvalue weighted by Crippen LogP contribution is 2.33. The van der Waals surface area contributed by atoms with E-state index < -0.39 is 0 Å². The lowest BCUT2D eigenvalue weighted by Crippen LogP contribution is -2.35. The zero-order chi connectivity index (χ0) is 22.9. The Kier molecular flexibility index (Phi) is 5.98. The average Bonchev–Trinajstić information content (AvgIpc) is 3.53. The van der Waals surface area contributed by atoms with Gasteiger partial charge in [0.2, 0.25) is 5.88 Å². The van der Waals surface area contributed by atoms with Crippen molar-refractivity contribution in [2.45, 2.75) is 0 Å². The largest absolute Gasteiger partial charge is 0.474 e. The number of likely N-dealkylation sites (tertiary alicyclic amines) is 2. The number of halogens is 1. The fourth-order valence-electron chi connectivity index (χ4n) is 4.53. The number of hydrogen-bond donors (Lipinski definition) is 1. The van der Waals surface area contributed by atoms with E-state index in [9.17, 15) is 9.59 Å². The maximum Gasteiger partial charge on any atom is 0.255 e. The molecular formula is C22H23BrN6O4. The summed E-state index contributed by atoms with van der Waals surface area (Å²) in [6.45, 7) is 3.36. The first-order valence-corrected chi connectivity index (χ1v) is 11.5. The van der Waals surface area contributed by atoms with Gasteiger partial charge in [0.05, 0.1) is 16.6 Å². The third-order valence-corrected chi connectivity index (χ3v) is 6.77. The molecular weight excluding hydrogens is 492 g/mol. The molecule has 33 heavy (non-hydrogen) atoms. The molecule has 0 bridgehead atoms. The van der Waals surface area contributed by atoms with Crippen molar-refractivity contribution in [1.29, 1.82) is 0 Å². The van der Waals surface area contributed by atoms with Gasteiger partial charge in [-0.3, -0.25) is 9.59 Å². The lowest BCUT2D eigenvalue weighted by atomic mass is 10.0. The molecule has 2 aliphatic rings. The van der Waals surface area contributed by atoms with E-state index in [0.717, 1.165) is 5.52 Å². The van der Waals surface area contributed by atoms with Crippen molar-refractivity contribution in [2.75, 3.05) is 46.5 Å². The van der Waals surface area contributed by atoms with Crippen LogP contribution in [0.15, 0.2) is 34.9 Å². The SMILES string of the molecule is COCCOc1ncc(C(=O)N2C[C@@H]3CN(C(=O)c4ccc5n[nH]nc5c4)C[C@H]3C2)cc1Br. The zero-order valence-corrected chi connectivity index (χ0v) is 19.6. The third kappa shape index (κ3) is 4.30. The molecule has 4 heterocycles. The number of amides is 2. The van der Waals surface area contributed by atoms with Gasteiger partial charge in [0.1, 0.15) is 17.6 Å². The Hall–Kier alpha value is -3.05. The smallest absolute Gasteiger partial charge is 0.255 e. The highest BCUT2D eigenvalue weighted by molar-refractivity contribution is 9.10. The van der Waals surface area contributed by atoms with E-state index in [0.29, 0.717) is 66.4 Å².